The van der Waals surface area contributed by atoms with E-state index in [2.05, 4.69) is 63.7 Å². The molecule has 4 heterocycles. The molecule has 5 rings (SSSR count). The maximum atomic E-state index is 12.9. The fourth-order valence-corrected chi connectivity index (χ4v) is 5.69. The van der Waals surface area contributed by atoms with Crippen LogP contribution in [-0.4, -0.2) is 29.0 Å². The lowest BCUT2D eigenvalue weighted by atomic mass is 9.97. The van der Waals surface area contributed by atoms with Crippen molar-refractivity contribution in [3.05, 3.63) is 80.3 Å². The molecule has 4 aromatic rings. The number of carbonyl (C=O) groups excluding carboxylic acids is 1. The minimum absolute atomic E-state index is 0.0262. The molecule has 6 heteroatoms. The van der Waals surface area contributed by atoms with Gasteiger partial charge in [0.25, 0.3) is 0 Å². The Morgan fingerprint density at radius 1 is 1.14 bits per heavy atom. The van der Waals surface area contributed by atoms with Gasteiger partial charge in [-0.05, 0) is 46.5 Å². The number of nitrogens with zero attached hydrogens (tertiary/aromatic N) is 1. The fraction of sp³-hybridized carbons (Fsp3) is 0.227. The first-order valence-electron chi connectivity index (χ1n) is 9.47. The SMILES string of the molecule is O=C(NCC(c1cccs1)c1c[nH]c2ccccc12)N1CCc2sccc2C1. The van der Waals surface area contributed by atoms with Crippen LogP contribution >= 0.6 is 22.7 Å². The van der Waals surface area contributed by atoms with Crippen molar-refractivity contribution >= 4 is 39.6 Å². The standard InChI is InChI=1S/C22H21N3OS2/c26-22(25-9-7-20-15(14-25)8-11-28-20)24-13-18(21-6-3-10-27-21)17-12-23-19-5-2-1-4-16(17)19/h1-6,8,10-12,18,23H,7,9,13-14H2,(H,24,26). The molecule has 0 radical (unpaired) electrons. The smallest absolute Gasteiger partial charge is 0.317 e. The molecule has 28 heavy (non-hydrogen) atoms. The lowest BCUT2D eigenvalue weighted by Crippen LogP contribution is -2.43. The predicted molar refractivity (Wildman–Crippen MR) is 116 cm³/mol. The van der Waals surface area contributed by atoms with E-state index < -0.39 is 0 Å². The normalized spacial score (nSPS) is 14.8. The summed E-state index contributed by atoms with van der Waals surface area (Å²) in [4.78, 5) is 20.8. The summed E-state index contributed by atoms with van der Waals surface area (Å²) in [6.45, 7) is 2.09. The third-order valence-corrected chi connectivity index (χ3v) is 7.44. The third kappa shape index (κ3) is 3.23. The summed E-state index contributed by atoms with van der Waals surface area (Å²) in [5.74, 6) is 0.140. The van der Waals surface area contributed by atoms with Crippen molar-refractivity contribution in [2.45, 2.75) is 18.9 Å². The highest BCUT2D eigenvalue weighted by Crippen LogP contribution is 2.33. The minimum Gasteiger partial charge on any atom is -0.361 e. The van der Waals surface area contributed by atoms with Crippen LogP contribution in [0.4, 0.5) is 4.79 Å². The van der Waals surface area contributed by atoms with Crippen molar-refractivity contribution in [3.63, 3.8) is 0 Å². The number of hydrogen-bond acceptors (Lipinski definition) is 3. The third-order valence-electron chi connectivity index (χ3n) is 5.44. The summed E-state index contributed by atoms with van der Waals surface area (Å²) in [5.41, 5.74) is 3.65. The summed E-state index contributed by atoms with van der Waals surface area (Å²) in [6.07, 6.45) is 3.04. The molecule has 1 aliphatic heterocycles. The second kappa shape index (κ2) is 7.45. The van der Waals surface area contributed by atoms with Gasteiger partial charge in [0.1, 0.15) is 0 Å². The van der Waals surface area contributed by atoms with Crippen molar-refractivity contribution in [3.8, 4) is 0 Å². The largest absolute Gasteiger partial charge is 0.361 e. The van der Waals surface area contributed by atoms with Gasteiger partial charge in [0.05, 0.1) is 0 Å². The molecule has 0 fully saturated rings. The number of urea groups is 1. The maximum Gasteiger partial charge on any atom is 0.317 e. The van der Waals surface area contributed by atoms with Crippen LogP contribution in [0.1, 0.15) is 26.8 Å². The van der Waals surface area contributed by atoms with E-state index in [-0.39, 0.29) is 11.9 Å². The molecule has 0 aliphatic carbocycles. The zero-order valence-electron chi connectivity index (χ0n) is 15.4. The Kier molecular flexibility index (Phi) is 4.66. The van der Waals surface area contributed by atoms with Crippen molar-refractivity contribution in [2.24, 2.45) is 0 Å². The van der Waals surface area contributed by atoms with Crippen LogP contribution in [-0.2, 0) is 13.0 Å². The molecule has 1 aromatic carbocycles. The quantitative estimate of drug-likeness (QED) is 0.480. The number of H-pyrrole nitrogens is 1. The highest BCUT2D eigenvalue weighted by Gasteiger charge is 2.24. The Morgan fingerprint density at radius 3 is 2.96 bits per heavy atom. The molecule has 1 unspecified atom stereocenters. The molecule has 1 atom stereocenters. The number of fused-ring (bicyclic) bond motifs is 2. The topological polar surface area (TPSA) is 48.1 Å². The van der Waals surface area contributed by atoms with Crippen LogP contribution in [0.15, 0.2) is 59.4 Å². The Balaban J connectivity index is 1.35. The molecular weight excluding hydrogens is 386 g/mol. The van der Waals surface area contributed by atoms with E-state index in [1.54, 1.807) is 22.7 Å². The zero-order valence-corrected chi connectivity index (χ0v) is 17.0. The van der Waals surface area contributed by atoms with Gasteiger partial charge in [0.2, 0.25) is 0 Å². The summed E-state index contributed by atoms with van der Waals surface area (Å²) >= 11 is 3.53. The number of rotatable bonds is 4. The number of aromatic nitrogens is 1. The summed E-state index contributed by atoms with van der Waals surface area (Å²) < 4.78 is 0. The van der Waals surface area contributed by atoms with Gasteiger partial charge in [0, 0.05) is 52.4 Å². The molecule has 142 valence electrons. The molecule has 4 nitrogen and oxygen atoms in total. The van der Waals surface area contributed by atoms with E-state index in [9.17, 15) is 4.79 Å². The van der Waals surface area contributed by atoms with Gasteiger partial charge in [0.15, 0.2) is 0 Å². The van der Waals surface area contributed by atoms with Crippen LogP contribution in [0.3, 0.4) is 0 Å². The number of benzene rings is 1. The molecule has 0 saturated carbocycles. The van der Waals surface area contributed by atoms with E-state index in [1.165, 1.54) is 26.3 Å². The van der Waals surface area contributed by atoms with E-state index in [0.29, 0.717) is 13.1 Å². The average Bonchev–Trinajstić information content (AvgIpc) is 3.48. The molecule has 0 spiro atoms. The Bertz CT molecular complexity index is 1100. The van der Waals surface area contributed by atoms with Crippen LogP contribution in [0.5, 0.6) is 0 Å². The van der Waals surface area contributed by atoms with Gasteiger partial charge in [-0.25, -0.2) is 4.79 Å². The molecule has 2 amide bonds. The number of para-hydroxylation sites is 1. The number of nitrogens with one attached hydrogen (secondary N) is 2. The molecule has 3 aromatic heterocycles. The Morgan fingerprint density at radius 2 is 2.07 bits per heavy atom. The van der Waals surface area contributed by atoms with E-state index in [0.717, 1.165) is 18.5 Å². The average molecular weight is 408 g/mol. The molecular formula is C22H21N3OS2. The summed E-state index contributed by atoms with van der Waals surface area (Å²) in [6, 6.07) is 14.7. The first kappa shape index (κ1) is 17.5. The highest BCUT2D eigenvalue weighted by atomic mass is 32.1. The monoisotopic (exact) mass is 407 g/mol. The predicted octanol–water partition coefficient (Wildman–Crippen LogP) is 5.19. The van der Waals surface area contributed by atoms with Crippen LogP contribution < -0.4 is 5.32 Å². The van der Waals surface area contributed by atoms with E-state index in [1.807, 2.05) is 11.0 Å². The van der Waals surface area contributed by atoms with E-state index in [4.69, 9.17) is 0 Å². The van der Waals surface area contributed by atoms with Crippen molar-refractivity contribution in [1.29, 1.82) is 0 Å². The number of thiophene rings is 2. The number of carbonyl (C=O) groups is 1. The Labute approximate surface area is 171 Å². The second-order valence-corrected chi connectivity index (χ2v) is 9.06. The molecule has 2 N–H and O–H groups in total. The van der Waals surface area contributed by atoms with Gasteiger partial charge in [-0.3, -0.25) is 0 Å². The summed E-state index contributed by atoms with van der Waals surface area (Å²) in [5, 5.41) is 8.64. The van der Waals surface area contributed by atoms with Crippen LogP contribution in [0, 0.1) is 0 Å². The van der Waals surface area contributed by atoms with Gasteiger partial charge >= 0.3 is 6.03 Å². The minimum atomic E-state index is 0.0262. The van der Waals surface area contributed by atoms with E-state index >= 15 is 0 Å². The number of hydrogen-bond donors (Lipinski definition) is 2. The molecule has 0 bridgehead atoms. The number of amides is 2. The summed E-state index contributed by atoms with van der Waals surface area (Å²) in [7, 11) is 0. The first-order chi connectivity index (χ1) is 13.8. The second-order valence-electron chi connectivity index (χ2n) is 7.08. The first-order valence-corrected chi connectivity index (χ1v) is 11.2. The van der Waals surface area contributed by atoms with Crippen molar-refractivity contribution in [2.75, 3.05) is 13.1 Å². The fourth-order valence-electron chi connectivity index (χ4n) is 3.96. The Hall–Kier alpha value is -2.57. The van der Waals surface area contributed by atoms with Crippen molar-refractivity contribution in [1.82, 2.24) is 15.2 Å². The van der Waals surface area contributed by atoms with Gasteiger partial charge < -0.3 is 15.2 Å². The van der Waals surface area contributed by atoms with Gasteiger partial charge in [-0.1, -0.05) is 24.3 Å². The van der Waals surface area contributed by atoms with Crippen LogP contribution in [0.2, 0.25) is 0 Å². The van der Waals surface area contributed by atoms with Gasteiger partial charge in [-0.15, -0.1) is 22.7 Å². The number of aromatic amines is 1. The lowest BCUT2D eigenvalue weighted by Gasteiger charge is -2.28. The highest BCUT2D eigenvalue weighted by molar-refractivity contribution is 7.10. The lowest BCUT2D eigenvalue weighted by molar-refractivity contribution is 0.192. The maximum absolute atomic E-state index is 12.9. The van der Waals surface area contributed by atoms with Gasteiger partial charge in [-0.2, -0.15) is 0 Å². The van der Waals surface area contributed by atoms with Crippen molar-refractivity contribution < 1.29 is 4.79 Å². The van der Waals surface area contributed by atoms with Crippen LogP contribution in [0.25, 0.3) is 10.9 Å². The molecule has 1 aliphatic rings. The zero-order chi connectivity index (χ0) is 18.9. The molecule has 0 saturated heterocycles.